The molecule has 2 aliphatic rings. The van der Waals surface area contributed by atoms with Gasteiger partial charge >= 0.3 is 131 Å². The SMILES string of the molecule is CC1=C(C)C(C)=[C]([Ti+2]([C]2=C(C)C(C)=C(C)C2)=[C](C)C)C1.[Cl-].[Cl-]. The molecule has 2 rings (SSSR count). The first-order valence-corrected chi connectivity index (χ1v) is 10.0. The van der Waals surface area contributed by atoms with E-state index in [1.165, 1.54) is 12.8 Å². The van der Waals surface area contributed by atoms with Gasteiger partial charge in [0.15, 0.2) is 0 Å². The summed E-state index contributed by atoms with van der Waals surface area (Å²) in [4.78, 5) is 0. The van der Waals surface area contributed by atoms with Gasteiger partial charge in [0.05, 0.1) is 0 Å². The van der Waals surface area contributed by atoms with Gasteiger partial charge in [0.2, 0.25) is 0 Å². The average Bonchev–Trinajstić information content (AvgIpc) is 2.76. The van der Waals surface area contributed by atoms with Crippen LogP contribution in [0.5, 0.6) is 0 Å². The van der Waals surface area contributed by atoms with Gasteiger partial charge in [-0.3, -0.25) is 0 Å². The van der Waals surface area contributed by atoms with Crippen LogP contribution in [0.15, 0.2) is 41.2 Å². The maximum absolute atomic E-state index is 2.38. The minimum atomic E-state index is -1.42. The molecule has 0 aliphatic heterocycles. The molecule has 0 fully saturated rings. The van der Waals surface area contributed by atoms with Gasteiger partial charge < -0.3 is 24.8 Å². The summed E-state index contributed by atoms with van der Waals surface area (Å²) in [6.07, 6.45) is 2.49. The first-order chi connectivity index (χ1) is 9.25. The maximum Gasteiger partial charge on any atom is -1.00 e. The van der Waals surface area contributed by atoms with E-state index in [9.17, 15) is 0 Å². The molecular formula is C19H28Cl2Ti. The Bertz CT molecular complexity index is 586. The second kappa shape index (κ2) is 8.29. The van der Waals surface area contributed by atoms with E-state index in [0.717, 1.165) is 0 Å². The van der Waals surface area contributed by atoms with E-state index in [2.05, 4.69) is 55.4 Å². The smallest absolute Gasteiger partial charge is 1.00 e. The fourth-order valence-electron chi connectivity index (χ4n) is 3.49. The fourth-order valence-corrected chi connectivity index (χ4v) is 9.08. The van der Waals surface area contributed by atoms with E-state index in [-0.39, 0.29) is 24.8 Å². The molecular weight excluding hydrogens is 347 g/mol. The van der Waals surface area contributed by atoms with Gasteiger partial charge in [-0.1, -0.05) is 0 Å². The molecule has 22 heavy (non-hydrogen) atoms. The Hall–Kier alpha value is 0.124. The van der Waals surface area contributed by atoms with Crippen LogP contribution in [0.25, 0.3) is 0 Å². The molecule has 0 heterocycles. The normalized spacial score (nSPS) is 17.6. The zero-order valence-electron chi connectivity index (χ0n) is 15.2. The van der Waals surface area contributed by atoms with Crippen molar-refractivity contribution in [3.63, 3.8) is 0 Å². The Labute approximate surface area is 155 Å². The monoisotopic (exact) mass is 374 g/mol. The largest absolute Gasteiger partial charge is 1.00 e. The van der Waals surface area contributed by atoms with E-state index in [0.29, 0.717) is 0 Å². The zero-order chi connectivity index (χ0) is 15.2. The Kier molecular flexibility index (Phi) is 8.34. The van der Waals surface area contributed by atoms with Crippen LogP contribution in [-0.2, 0) is 17.4 Å². The van der Waals surface area contributed by atoms with Gasteiger partial charge in [0, 0.05) is 0 Å². The quantitative estimate of drug-likeness (QED) is 0.590. The minimum absolute atomic E-state index is 0. The van der Waals surface area contributed by atoms with Crippen LogP contribution in [-0.4, -0.2) is 3.81 Å². The fraction of sp³-hybridized carbons (Fsp3) is 0.526. The summed E-state index contributed by atoms with van der Waals surface area (Å²) in [7, 11) is 0. The van der Waals surface area contributed by atoms with Gasteiger partial charge in [0.1, 0.15) is 0 Å². The van der Waals surface area contributed by atoms with Crippen LogP contribution < -0.4 is 24.8 Å². The molecule has 122 valence electrons. The molecule has 0 unspecified atom stereocenters. The van der Waals surface area contributed by atoms with Crippen LogP contribution in [0.1, 0.15) is 68.2 Å². The van der Waals surface area contributed by atoms with E-state index < -0.39 is 17.4 Å². The third-order valence-electron chi connectivity index (χ3n) is 5.30. The summed E-state index contributed by atoms with van der Waals surface area (Å²) in [5.74, 6) is 0. The molecule has 0 saturated carbocycles. The van der Waals surface area contributed by atoms with Crippen molar-refractivity contribution in [1.82, 2.24) is 0 Å². The second-order valence-corrected chi connectivity index (χ2v) is 11.4. The first-order valence-electron chi connectivity index (χ1n) is 7.66. The van der Waals surface area contributed by atoms with Gasteiger partial charge in [-0.05, 0) is 0 Å². The summed E-state index contributed by atoms with van der Waals surface area (Å²) in [6.45, 7) is 18.7. The topological polar surface area (TPSA) is 0 Å². The van der Waals surface area contributed by atoms with E-state index >= 15 is 0 Å². The van der Waals surface area contributed by atoms with Gasteiger partial charge in [-0.15, -0.1) is 0 Å². The summed E-state index contributed by atoms with van der Waals surface area (Å²) in [5, 5.41) is 0. The molecule has 0 N–H and O–H groups in total. The number of hydrogen-bond donors (Lipinski definition) is 0. The van der Waals surface area contributed by atoms with Gasteiger partial charge in [0.25, 0.3) is 0 Å². The van der Waals surface area contributed by atoms with Gasteiger partial charge in [-0.25, -0.2) is 0 Å². The number of allylic oxidation sites excluding steroid dienone is 8. The molecule has 0 bridgehead atoms. The Morgan fingerprint density at radius 3 is 1.14 bits per heavy atom. The van der Waals surface area contributed by atoms with Crippen molar-refractivity contribution in [2.45, 2.75) is 68.2 Å². The average molecular weight is 375 g/mol. The van der Waals surface area contributed by atoms with E-state index in [1.807, 2.05) is 7.76 Å². The van der Waals surface area contributed by atoms with Crippen LogP contribution in [0.2, 0.25) is 0 Å². The van der Waals surface area contributed by atoms with Gasteiger partial charge in [-0.2, -0.15) is 0 Å². The van der Waals surface area contributed by atoms with Crippen LogP contribution in [0.3, 0.4) is 0 Å². The van der Waals surface area contributed by atoms with Crippen molar-refractivity contribution in [3.8, 4) is 0 Å². The molecule has 0 aromatic rings. The standard InChI is InChI=1S/2C8H11.C3H6.2ClH.Ti/c2*1-6-4-5-7(2)8(6)3;1-3-2;;;/h2*4H2,1-3H3;1-2H3;2*1H;/q;;;;;+2/p-2. The molecule has 0 amide bonds. The molecule has 0 aromatic heterocycles. The minimum Gasteiger partial charge on any atom is -1.00 e. The Morgan fingerprint density at radius 2 is 0.955 bits per heavy atom. The van der Waals surface area contributed by atoms with Crippen LogP contribution in [0.4, 0.5) is 0 Å². The van der Waals surface area contributed by atoms with Crippen LogP contribution in [0, 0.1) is 0 Å². The molecule has 0 nitrogen and oxygen atoms in total. The second-order valence-electron chi connectivity index (χ2n) is 6.75. The van der Waals surface area contributed by atoms with Crippen molar-refractivity contribution in [1.29, 1.82) is 0 Å². The first kappa shape index (κ1) is 22.1. The summed E-state index contributed by atoms with van der Waals surface area (Å²) < 4.78 is 5.34. The van der Waals surface area contributed by atoms with E-state index in [1.54, 1.807) is 37.3 Å². The van der Waals surface area contributed by atoms with Crippen molar-refractivity contribution in [2.24, 2.45) is 0 Å². The maximum atomic E-state index is 2.38. The third-order valence-corrected chi connectivity index (χ3v) is 10.5. The molecule has 3 heteroatoms. The van der Waals surface area contributed by atoms with Crippen molar-refractivity contribution >= 4 is 3.81 Å². The third kappa shape index (κ3) is 3.78. The Morgan fingerprint density at radius 1 is 0.636 bits per heavy atom. The molecule has 0 atom stereocenters. The number of rotatable bonds is 2. The molecule has 0 spiro atoms. The van der Waals surface area contributed by atoms with Crippen LogP contribution >= 0.6 is 0 Å². The number of halogens is 2. The predicted molar refractivity (Wildman–Crippen MR) is 87.7 cm³/mol. The summed E-state index contributed by atoms with van der Waals surface area (Å²) in [5.41, 5.74) is 9.54. The molecule has 0 aromatic carbocycles. The number of hydrogen-bond acceptors (Lipinski definition) is 0. The molecule has 2 aliphatic carbocycles. The molecule has 0 radical (unpaired) electrons. The molecule has 0 saturated heterocycles. The van der Waals surface area contributed by atoms with Crippen molar-refractivity contribution < 1.29 is 42.2 Å². The van der Waals surface area contributed by atoms with Crippen molar-refractivity contribution in [3.05, 3.63) is 41.2 Å². The summed E-state index contributed by atoms with van der Waals surface area (Å²) in [6, 6.07) is 0. The zero-order valence-corrected chi connectivity index (χ0v) is 18.2. The van der Waals surface area contributed by atoms with E-state index in [4.69, 9.17) is 0 Å². The Balaban J connectivity index is 0.00000220. The summed E-state index contributed by atoms with van der Waals surface area (Å²) >= 11 is -1.42. The predicted octanol–water partition coefficient (Wildman–Crippen LogP) is -0.147. The van der Waals surface area contributed by atoms with Crippen molar-refractivity contribution in [2.75, 3.05) is 0 Å².